The number of ether oxygens (including phenoxy) is 2. The average Bonchev–Trinajstić information content (AvgIpc) is 2.34. The summed E-state index contributed by atoms with van der Waals surface area (Å²) in [5.41, 5.74) is 0. The van der Waals surface area contributed by atoms with E-state index in [4.69, 9.17) is 9.47 Å². The lowest BCUT2D eigenvalue weighted by Gasteiger charge is -2.01. The lowest BCUT2D eigenvalue weighted by atomic mass is 10.3. The van der Waals surface area contributed by atoms with Crippen LogP contribution >= 0.6 is 0 Å². The lowest BCUT2D eigenvalue weighted by molar-refractivity contribution is 0.158. The fraction of sp³-hybridized carbons (Fsp3) is 0.429. The third-order valence-corrected chi connectivity index (χ3v) is 2.11. The maximum atomic E-state index is 5.49. The second-order valence-corrected chi connectivity index (χ2v) is 3.52. The molecule has 16 heavy (non-hydrogen) atoms. The molecular weight excluding hydrogens is 200 g/mol. The molecule has 0 atom stereocenters. The van der Waals surface area contributed by atoms with Crippen LogP contribution in [0.2, 0.25) is 0 Å². The zero-order chi connectivity index (χ0) is 11.5. The Kier molecular flexibility index (Phi) is 7.18. The molecule has 0 fully saturated rings. The normalized spacial score (nSPS) is 10.8. The van der Waals surface area contributed by atoms with E-state index < -0.39 is 0 Å². The number of hydrogen-bond acceptors (Lipinski definition) is 2. The average molecular weight is 220 g/mol. The smallest absolute Gasteiger partial charge is 0.119 e. The number of hydrogen-bond donors (Lipinski definition) is 0. The summed E-state index contributed by atoms with van der Waals surface area (Å²) in [5.74, 6) is 0.902. The van der Waals surface area contributed by atoms with Crippen LogP contribution in [-0.4, -0.2) is 19.8 Å². The van der Waals surface area contributed by atoms with Crippen molar-refractivity contribution < 1.29 is 9.47 Å². The summed E-state index contributed by atoms with van der Waals surface area (Å²) < 4.78 is 10.9. The molecule has 1 aromatic carbocycles. The molecule has 0 aliphatic rings. The fourth-order valence-corrected chi connectivity index (χ4v) is 1.19. The molecule has 0 saturated heterocycles. The summed E-state index contributed by atoms with van der Waals surface area (Å²) in [5, 5.41) is 0. The van der Waals surface area contributed by atoms with Crippen LogP contribution in [0, 0.1) is 0 Å². The van der Waals surface area contributed by atoms with Gasteiger partial charge in [-0.15, -0.1) is 0 Å². The highest BCUT2D eigenvalue weighted by molar-refractivity contribution is 5.21. The van der Waals surface area contributed by atoms with Gasteiger partial charge in [-0.25, -0.2) is 0 Å². The van der Waals surface area contributed by atoms with E-state index in [1.807, 2.05) is 42.5 Å². The first-order chi connectivity index (χ1) is 7.93. The van der Waals surface area contributed by atoms with Crippen molar-refractivity contribution in [2.45, 2.75) is 19.8 Å². The van der Waals surface area contributed by atoms with Gasteiger partial charge in [0.15, 0.2) is 0 Å². The summed E-state index contributed by atoms with van der Waals surface area (Å²) in [4.78, 5) is 0. The molecule has 88 valence electrons. The Hall–Kier alpha value is -1.28. The molecule has 2 nitrogen and oxygen atoms in total. The molecule has 0 heterocycles. The zero-order valence-electron chi connectivity index (χ0n) is 9.89. The van der Waals surface area contributed by atoms with Crippen molar-refractivity contribution in [3.8, 4) is 5.75 Å². The van der Waals surface area contributed by atoms with Gasteiger partial charge in [0.05, 0.1) is 6.61 Å². The van der Waals surface area contributed by atoms with Gasteiger partial charge in [-0.05, 0) is 24.6 Å². The van der Waals surface area contributed by atoms with Crippen LogP contribution in [0.1, 0.15) is 19.8 Å². The van der Waals surface area contributed by atoms with E-state index in [2.05, 4.69) is 6.92 Å². The van der Waals surface area contributed by atoms with Crippen LogP contribution in [0.25, 0.3) is 0 Å². The standard InChI is InChI=1S/C14H20O2/c1-2-3-11-15-12-7-8-13-16-14-9-5-4-6-10-14/h4-10H,2-3,11-13H2,1H3. The van der Waals surface area contributed by atoms with Crippen LogP contribution in [0.15, 0.2) is 42.5 Å². The molecule has 0 unspecified atom stereocenters. The highest BCUT2D eigenvalue weighted by Crippen LogP contribution is 2.07. The summed E-state index contributed by atoms with van der Waals surface area (Å²) in [6, 6.07) is 9.81. The molecule has 0 bridgehead atoms. The fourth-order valence-electron chi connectivity index (χ4n) is 1.19. The van der Waals surface area contributed by atoms with Crippen molar-refractivity contribution >= 4 is 0 Å². The summed E-state index contributed by atoms with van der Waals surface area (Å²) in [6.07, 6.45) is 6.30. The van der Waals surface area contributed by atoms with Gasteiger partial charge < -0.3 is 9.47 Å². The summed E-state index contributed by atoms with van der Waals surface area (Å²) in [6.45, 7) is 4.28. The Morgan fingerprint density at radius 3 is 2.56 bits per heavy atom. The van der Waals surface area contributed by atoms with Crippen molar-refractivity contribution in [2.24, 2.45) is 0 Å². The maximum Gasteiger partial charge on any atom is 0.119 e. The van der Waals surface area contributed by atoms with E-state index in [0.717, 1.165) is 18.8 Å². The van der Waals surface area contributed by atoms with Gasteiger partial charge in [-0.1, -0.05) is 37.6 Å². The molecule has 0 amide bonds. The highest BCUT2D eigenvalue weighted by Gasteiger charge is 1.87. The van der Waals surface area contributed by atoms with Crippen molar-refractivity contribution in [1.82, 2.24) is 0 Å². The van der Waals surface area contributed by atoms with Crippen molar-refractivity contribution in [3.63, 3.8) is 0 Å². The van der Waals surface area contributed by atoms with E-state index >= 15 is 0 Å². The quantitative estimate of drug-likeness (QED) is 0.493. The molecule has 0 aromatic heterocycles. The van der Waals surface area contributed by atoms with Crippen LogP contribution < -0.4 is 4.74 Å². The van der Waals surface area contributed by atoms with Gasteiger partial charge in [0, 0.05) is 6.61 Å². The predicted molar refractivity (Wildman–Crippen MR) is 66.8 cm³/mol. The molecular formula is C14H20O2. The first kappa shape index (κ1) is 12.8. The van der Waals surface area contributed by atoms with Gasteiger partial charge in [-0.2, -0.15) is 0 Å². The monoisotopic (exact) mass is 220 g/mol. The number of unbranched alkanes of at least 4 members (excludes halogenated alkanes) is 1. The number of benzene rings is 1. The minimum absolute atomic E-state index is 0.598. The molecule has 0 radical (unpaired) electrons. The Bertz CT molecular complexity index is 280. The SMILES string of the molecule is CCCCOCC=CCOc1ccccc1. The third-order valence-electron chi connectivity index (χ3n) is 2.11. The summed E-state index contributed by atoms with van der Waals surface area (Å²) in [7, 11) is 0. The van der Waals surface area contributed by atoms with Crippen molar-refractivity contribution in [1.29, 1.82) is 0 Å². The molecule has 0 spiro atoms. The topological polar surface area (TPSA) is 18.5 Å². The van der Waals surface area contributed by atoms with Crippen LogP contribution in [0.4, 0.5) is 0 Å². The molecule has 0 aliphatic heterocycles. The molecule has 0 N–H and O–H groups in total. The first-order valence-electron chi connectivity index (χ1n) is 5.84. The summed E-state index contributed by atoms with van der Waals surface area (Å²) >= 11 is 0. The largest absolute Gasteiger partial charge is 0.490 e. The second-order valence-electron chi connectivity index (χ2n) is 3.52. The maximum absolute atomic E-state index is 5.49. The molecule has 2 heteroatoms. The Balaban J connectivity index is 2.00. The van der Waals surface area contributed by atoms with Gasteiger partial charge in [-0.3, -0.25) is 0 Å². The molecule has 0 saturated carbocycles. The Morgan fingerprint density at radius 2 is 1.81 bits per heavy atom. The first-order valence-corrected chi connectivity index (χ1v) is 5.84. The van der Waals surface area contributed by atoms with Crippen molar-refractivity contribution in [3.05, 3.63) is 42.5 Å². The van der Waals surface area contributed by atoms with Crippen LogP contribution in [0.3, 0.4) is 0 Å². The van der Waals surface area contributed by atoms with Gasteiger partial charge in [0.25, 0.3) is 0 Å². The van der Waals surface area contributed by atoms with Gasteiger partial charge in [0.1, 0.15) is 12.4 Å². The molecule has 0 aliphatic carbocycles. The van der Waals surface area contributed by atoms with Crippen LogP contribution in [0.5, 0.6) is 5.75 Å². The van der Waals surface area contributed by atoms with E-state index in [0.29, 0.717) is 13.2 Å². The minimum atomic E-state index is 0.598. The second kappa shape index (κ2) is 8.98. The highest BCUT2D eigenvalue weighted by atomic mass is 16.5. The van der Waals surface area contributed by atoms with E-state index in [1.54, 1.807) is 0 Å². The molecule has 1 rings (SSSR count). The lowest BCUT2D eigenvalue weighted by Crippen LogP contribution is -1.96. The minimum Gasteiger partial charge on any atom is -0.490 e. The van der Waals surface area contributed by atoms with Gasteiger partial charge in [0.2, 0.25) is 0 Å². The predicted octanol–water partition coefficient (Wildman–Crippen LogP) is 3.44. The third kappa shape index (κ3) is 6.25. The Labute approximate surface area is 97.9 Å². The van der Waals surface area contributed by atoms with Crippen LogP contribution in [-0.2, 0) is 4.74 Å². The van der Waals surface area contributed by atoms with E-state index in [9.17, 15) is 0 Å². The Morgan fingerprint density at radius 1 is 1.06 bits per heavy atom. The zero-order valence-corrected chi connectivity index (χ0v) is 9.89. The molecule has 1 aromatic rings. The van der Waals surface area contributed by atoms with E-state index in [1.165, 1.54) is 6.42 Å². The number of para-hydroxylation sites is 1. The van der Waals surface area contributed by atoms with Gasteiger partial charge >= 0.3 is 0 Å². The number of rotatable bonds is 8. The van der Waals surface area contributed by atoms with Crippen molar-refractivity contribution in [2.75, 3.05) is 19.8 Å². The van der Waals surface area contributed by atoms with E-state index in [-0.39, 0.29) is 0 Å².